The maximum absolute atomic E-state index is 13.8. The van der Waals surface area contributed by atoms with Gasteiger partial charge in [0.05, 0.1) is 39.7 Å². The Hall–Kier alpha value is -2.84. The van der Waals surface area contributed by atoms with Crippen LogP contribution in [0.4, 0.5) is 4.39 Å². The summed E-state index contributed by atoms with van der Waals surface area (Å²) in [5, 5.41) is 16.7. The van der Waals surface area contributed by atoms with Gasteiger partial charge in [-0.2, -0.15) is 5.10 Å². The van der Waals surface area contributed by atoms with Gasteiger partial charge in [-0.15, -0.1) is 0 Å². The van der Waals surface area contributed by atoms with E-state index in [0.717, 1.165) is 35.2 Å². The molecule has 0 unspecified atom stereocenters. The summed E-state index contributed by atoms with van der Waals surface area (Å²) in [5.74, 6) is 1.11. The minimum Gasteiger partial charge on any atom is -0.487 e. The number of rotatable bonds is 8. The zero-order chi connectivity index (χ0) is 28.2. The Morgan fingerprint density at radius 3 is 2.38 bits per heavy atom. The van der Waals surface area contributed by atoms with Crippen LogP contribution in [0, 0.1) is 12.7 Å². The van der Waals surface area contributed by atoms with E-state index < -0.39 is 11.4 Å². The van der Waals surface area contributed by atoms with Gasteiger partial charge in [-0.1, -0.05) is 40.9 Å². The monoisotopic (exact) mass is 601 g/mol. The normalized spacial score (nSPS) is 20.3. The number of benzene rings is 2. The highest BCUT2D eigenvalue weighted by atomic mass is 35.5. The largest absolute Gasteiger partial charge is 0.487 e. The van der Waals surface area contributed by atoms with E-state index in [1.165, 1.54) is 12.1 Å². The van der Waals surface area contributed by atoms with Crippen LogP contribution in [0.15, 0.2) is 48.8 Å². The van der Waals surface area contributed by atoms with Crippen LogP contribution < -0.4 is 9.47 Å². The van der Waals surface area contributed by atoms with E-state index in [9.17, 15) is 9.50 Å². The molecule has 0 bridgehead atoms. The van der Waals surface area contributed by atoms with Gasteiger partial charge in [0.25, 0.3) is 0 Å². The lowest BCUT2D eigenvalue weighted by molar-refractivity contribution is -0.0554. The Labute approximate surface area is 246 Å². The van der Waals surface area contributed by atoms with Crippen molar-refractivity contribution >= 4 is 34.8 Å². The lowest BCUT2D eigenvalue weighted by atomic mass is 9.65. The van der Waals surface area contributed by atoms with Crippen molar-refractivity contribution in [3.8, 4) is 17.3 Å². The first-order valence-electron chi connectivity index (χ1n) is 13.0. The van der Waals surface area contributed by atoms with E-state index in [0.29, 0.717) is 46.7 Å². The van der Waals surface area contributed by atoms with Crippen LogP contribution in [0.3, 0.4) is 0 Å². The van der Waals surface area contributed by atoms with E-state index in [1.807, 2.05) is 13.0 Å². The number of hydrogen-bond donors (Lipinski definition) is 1. The number of methoxy groups -OCH3 is 1. The molecule has 2 aromatic carbocycles. The van der Waals surface area contributed by atoms with Crippen molar-refractivity contribution in [2.45, 2.75) is 56.7 Å². The third-order valence-electron chi connectivity index (χ3n) is 7.75. The highest BCUT2D eigenvalue weighted by molar-refractivity contribution is 6.37. The molecule has 0 radical (unpaired) electrons. The van der Waals surface area contributed by atoms with Crippen molar-refractivity contribution in [3.63, 3.8) is 0 Å². The van der Waals surface area contributed by atoms with Crippen LogP contribution in [0.5, 0.6) is 11.6 Å². The smallest absolute Gasteiger partial charge is 0.216 e. The molecule has 0 saturated heterocycles. The van der Waals surface area contributed by atoms with Crippen molar-refractivity contribution in [2.75, 3.05) is 7.11 Å². The molecular weight excluding hydrogens is 576 g/mol. The van der Waals surface area contributed by atoms with Crippen LogP contribution in [0.1, 0.15) is 65.5 Å². The van der Waals surface area contributed by atoms with Crippen molar-refractivity contribution in [2.24, 2.45) is 0 Å². The number of ether oxygens (including phenoxy) is 2. The molecule has 0 atom stereocenters. The molecule has 2 heterocycles. The fourth-order valence-corrected chi connectivity index (χ4v) is 6.52. The second kappa shape index (κ2) is 10.5. The van der Waals surface area contributed by atoms with Gasteiger partial charge in [0.1, 0.15) is 23.9 Å². The van der Waals surface area contributed by atoms with Gasteiger partial charge in [0.2, 0.25) is 5.88 Å². The van der Waals surface area contributed by atoms with Crippen LogP contribution in [-0.4, -0.2) is 27.0 Å². The molecule has 2 aromatic heterocycles. The van der Waals surface area contributed by atoms with Crippen LogP contribution in [-0.2, 0) is 12.2 Å². The summed E-state index contributed by atoms with van der Waals surface area (Å²) in [5.41, 5.74) is 3.89. The summed E-state index contributed by atoms with van der Waals surface area (Å²) in [4.78, 5) is 4.37. The SMILES string of the molecule is COc1ncc(C)cc1C1CC(O)(c2ccc(OCc3c(C4CC4)cnn3-c3c(Cl)cc(F)cc3Cl)cc2Cl)C1. The molecule has 4 aromatic rings. The number of hydrogen-bond acceptors (Lipinski definition) is 5. The highest BCUT2D eigenvalue weighted by Gasteiger charge is 2.46. The van der Waals surface area contributed by atoms with Crippen LogP contribution >= 0.6 is 34.8 Å². The van der Waals surface area contributed by atoms with Gasteiger partial charge in [-0.25, -0.2) is 14.1 Å². The van der Waals surface area contributed by atoms with Gasteiger partial charge in [-0.3, -0.25) is 0 Å². The summed E-state index contributed by atoms with van der Waals surface area (Å²) in [6.45, 7) is 2.16. The third-order valence-corrected chi connectivity index (χ3v) is 8.64. The molecule has 208 valence electrons. The standard InChI is InChI=1S/C30H27Cl3FN3O3/c1-16-7-21(29(39-2)35-13-16)18-11-30(38,12-18)23-6-5-20(10-24(23)31)40-15-27-22(17-3-4-17)14-36-37(27)28-25(32)8-19(34)9-26(28)33/h5-10,13-14,17-18,38H,3-4,11-12,15H2,1-2H3. The van der Waals surface area contributed by atoms with E-state index in [-0.39, 0.29) is 22.6 Å². The van der Waals surface area contributed by atoms with Crippen LogP contribution in [0.25, 0.3) is 5.69 Å². The van der Waals surface area contributed by atoms with Gasteiger partial charge in [0, 0.05) is 22.9 Å². The Balaban J connectivity index is 1.21. The molecule has 0 spiro atoms. The van der Waals surface area contributed by atoms with Gasteiger partial charge < -0.3 is 14.6 Å². The highest BCUT2D eigenvalue weighted by Crippen LogP contribution is 2.54. The van der Waals surface area contributed by atoms with E-state index in [1.54, 1.807) is 36.3 Å². The lowest BCUT2D eigenvalue weighted by Gasteiger charge is -2.44. The Morgan fingerprint density at radius 1 is 1.00 bits per heavy atom. The summed E-state index contributed by atoms with van der Waals surface area (Å²) in [7, 11) is 1.60. The zero-order valence-corrected chi connectivity index (χ0v) is 24.2. The van der Waals surface area contributed by atoms with E-state index in [2.05, 4.69) is 16.1 Å². The second-order valence-electron chi connectivity index (χ2n) is 10.6. The van der Waals surface area contributed by atoms with Crippen molar-refractivity contribution in [3.05, 3.63) is 97.6 Å². The molecule has 40 heavy (non-hydrogen) atoms. The summed E-state index contributed by atoms with van der Waals surface area (Å²) < 4.78 is 27.0. The van der Waals surface area contributed by atoms with E-state index >= 15 is 0 Å². The Morgan fingerprint density at radius 2 is 1.73 bits per heavy atom. The maximum Gasteiger partial charge on any atom is 0.216 e. The molecule has 0 aliphatic heterocycles. The zero-order valence-electron chi connectivity index (χ0n) is 21.9. The first kappa shape index (κ1) is 27.3. The number of nitrogens with zero attached hydrogens (tertiary/aromatic N) is 3. The minimum absolute atomic E-state index is 0.116. The second-order valence-corrected chi connectivity index (χ2v) is 11.9. The van der Waals surface area contributed by atoms with E-state index in [4.69, 9.17) is 44.3 Å². The molecule has 10 heteroatoms. The number of aromatic nitrogens is 3. The number of halogens is 4. The predicted octanol–water partition coefficient (Wildman–Crippen LogP) is 7.91. The number of aryl methyl sites for hydroxylation is 1. The van der Waals surface area contributed by atoms with Crippen molar-refractivity contribution in [1.82, 2.24) is 14.8 Å². The van der Waals surface area contributed by atoms with Gasteiger partial charge in [0.15, 0.2) is 0 Å². The topological polar surface area (TPSA) is 69.4 Å². The summed E-state index contributed by atoms with van der Waals surface area (Å²) in [6.07, 6.45) is 6.72. The molecule has 1 N–H and O–H groups in total. The third kappa shape index (κ3) is 5.05. The number of pyridine rings is 1. The molecule has 6 nitrogen and oxygen atoms in total. The average molecular weight is 603 g/mol. The first-order valence-corrected chi connectivity index (χ1v) is 14.2. The first-order chi connectivity index (χ1) is 19.2. The molecule has 2 fully saturated rings. The molecule has 6 rings (SSSR count). The Bertz CT molecular complexity index is 1580. The maximum atomic E-state index is 13.8. The summed E-state index contributed by atoms with van der Waals surface area (Å²) in [6, 6.07) is 9.81. The number of aliphatic hydroxyl groups is 1. The molecule has 2 saturated carbocycles. The lowest BCUT2D eigenvalue weighted by Crippen LogP contribution is -2.40. The quantitative estimate of drug-likeness (QED) is 0.222. The minimum atomic E-state index is -1.05. The van der Waals surface area contributed by atoms with Crippen molar-refractivity contribution < 1.29 is 19.0 Å². The molecule has 2 aliphatic rings. The van der Waals surface area contributed by atoms with Gasteiger partial charge >= 0.3 is 0 Å². The predicted molar refractivity (Wildman–Crippen MR) is 153 cm³/mol. The Kier molecular flexibility index (Phi) is 7.20. The average Bonchev–Trinajstić information content (AvgIpc) is 3.65. The molecule has 0 amide bonds. The summed E-state index contributed by atoms with van der Waals surface area (Å²) >= 11 is 19.4. The van der Waals surface area contributed by atoms with Crippen LogP contribution in [0.2, 0.25) is 15.1 Å². The fraction of sp³-hybridized carbons (Fsp3) is 0.333. The molecule has 2 aliphatic carbocycles. The fourth-order valence-electron chi connectivity index (χ4n) is 5.55. The van der Waals surface area contributed by atoms with Crippen molar-refractivity contribution in [1.29, 1.82) is 0 Å². The van der Waals surface area contributed by atoms with Gasteiger partial charge in [-0.05, 0) is 80.3 Å². The molecular formula is C30H27Cl3FN3O3.